The maximum absolute atomic E-state index is 13.7. The minimum atomic E-state index is -0.416. The summed E-state index contributed by atoms with van der Waals surface area (Å²) in [4.78, 5) is 14.4. The number of carbonyl (C=O) groups excluding carboxylic acids is 1. The molecule has 1 saturated heterocycles. The lowest BCUT2D eigenvalue weighted by Crippen LogP contribution is -2.30. The lowest BCUT2D eigenvalue weighted by Gasteiger charge is -2.22. The van der Waals surface area contributed by atoms with Gasteiger partial charge in [0.25, 0.3) is 5.91 Å². The molecule has 1 N–H and O–H groups in total. The van der Waals surface area contributed by atoms with Crippen LogP contribution in [0.25, 0.3) is 5.57 Å². The van der Waals surface area contributed by atoms with Crippen LogP contribution in [0.5, 0.6) is 0 Å². The molecule has 5 heteroatoms. The topological polar surface area (TPSA) is 32.3 Å². The zero-order chi connectivity index (χ0) is 20.1. The highest BCUT2D eigenvalue weighted by atomic mass is 35.5. The number of halogens is 2. The van der Waals surface area contributed by atoms with Gasteiger partial charge in [-0.15, -0.1) is 0 Å². The van der Waals surface area contributed by atoms with Crippen molar-refractivity contribution >= 4 is 23.1 Å². The van der Waals surface area contributed by atoms with Gasteiger partial charge < -0.3 is 10.2 Å². The molecule has 0 atom stereocenters. The van der Waals surface area contributed by atoms with E-state index in [1.807, 2.05) is 38.1 Å². The summed E-state index contributed by atoms with van der Waals surface area (Å²) in [5.74, 6) is -0.377. The van der Waals surface area contributed by atoms with Crippen LogP contribution in [0.15, 0.2) is 48.0 Å². The van der Waals surface area contributed by atoms with Gasteiger partial charge in [0, 0.05) is 18.7 Å². The van der Waals surface area contributed by atoms with E-state index in [9.17, 15) is 9.18 Å². The predicted octanol–water partition coefficient (Wildman–Crippen LogP) is 5.15. The molecule has 1 aliphatic heterocycles. The fourth-order valence-corrected chi connectivity index (χ4v) is 3.86. The summed E-state index contributed by atoms with van der Waals surface area (Å²) < 4.78 is 13.7. The van der Waals surface area contributed by atoms with Gasteiger partial charge in [-0.25, -0.2) is 4.39 Å². The van der Waals surface area contributed by atoms with Crippen molar-refractivity contribution in [1.82, 2.24) is 10.2 Å². The van der Waals surface area contributed by atoms with Crippen molar-refractivity contribution in [1.29, 1.82) is 0 Å². The highest BCUT2D eigenvalue weighted by Crippen LogP contribution is 2.33. The van der Waals surface area contributed by atoms with Gasteiger partial charge in [-0.2, -0.15) is 0 Å². The molecule has 3 rings (SSSR count). The molecule has 3 nitrogen and oxygen atoms in total. The van der Waals surface area contributed by atoms with Crippen molar-refractivity contribution in [3.8, 4) is 0 Å². The van der Waals surface area contributed by atoms with E-state index in [-0.39, 0.29) is 10.9 Å². The Labute approximate surface area is 171 Å². The van der Waals surface area contributed by atoms with Crippen LogP contribution in [0.1, 0.15) is 48.2 Å². The monoisotopic (exact) mass is 400 g/mol. The van der Waals surface area contributed by atoms with Crippen molar-refractivity contribution in [2.24, 2.45) is 0 Å². The predicted molar refractivity (Wildman–Crippen MR) is 113 cm³/mol. The number of nitrogens with one attached hydrogen (secondary N) is 1. The second-order valence-corrected chi connectivity index (χ2v) is 7.32. The zero-order valence-corrected chi connectivity index (χ0v) is 17.2. The molecule has 1 heterocycles. The molecule has 1 aliphatic rings. The normalized spacial score (nSPS) is 14.1. The highest BCUT2D eigenvalue weighted by Gasteiger charge is 2.17. The van der Waals surface area contributed by atoms with E-state index in [0.29, 0.717) is 18.7 Å². The molecule has 0 radical (unpaired) electrons. The Morgan fingerprint density at radius 3 is 2.14 bits per heavy atom. The van der Waals surface area contributed by atoms with E-state index in [1.165, 1.54) is 11.6 Å². The lowest BCUT2D eigenvalue weighted by atomic mass is 9.88. The number of amides is 1. The Kier molecular flexibility index (Phi) is 6.87. The van der Waals surface area contributed by atoms with E-state index in [4.69, 9.17) is 11.6 Å². The van der Waals surface area contributed by atoms with Crippen molar-refractivity contribution in [3.05, 3.63) is 75.6 Å². The molecule has 1 amide bonds. The number of nitrogens with zero attached hydrogens (tertiary/aromatic N) is 1. The Morgan fingerprint density at radius 2 is 1.57 bits per heavy atom. The Hall–Kier alpha value is -2.17. The van der Waals surface area contributed by atoms with Crippen LogP contribution in [0.4, 0.5) is 4.39 Å². The van der Waals surface area contributed by atoms with Gasteiger partial charge in [0.05, 0.1) is 5.02 Å². The van der Waals surface area contributed by atoms with Crippen molar-refractivity contribution in [3.63, 3.8) is 0 Å². The average Bonchev–Trinajstić information content (AvgIpc) is 2.73. The van der Waals surface area contributed by atoms with Crippen LogP contribution in [0.2, 0.25) is 5.02 Å². The van der Waals surface area contributed by atoms with Crippen molar-refractivity contribution in [2.45, 2.75) is 26.7 Å². The number of benzene rings is 2. The maximum Gasteiger partial charge on any atom is 0.253 e. The highest BCUT2D eigenvalue weighted by molar-refractivity contribution is 6.31. The first-order valence-electron chi connectivity index (χ1n) is 9.83. The van der Waals surface area contributed by atoms with Crippen LogP contribution < -0.4 is 5.32 Å². The van der Waals surface area contributed by atoms with Crippen LogP contribution in [-0.2, 0) is 0 Å². The second kappa shape index (κ2) is 9.35. The maximum atomic E-state index is 13.7. The molecule has 0 aromatic heterocycles. The Morgan fingerprint density at radius 1 is 1.00 bits per heavy atom. The minimum Gasteiger partial charge on any atom is -0.339 e. The van der Waals surface area contributed by atoms with Gasteiger partial charge in [-0.05, 0) is 80.7 Å². The molecule has 0 spiro atoms. The third-order valence-electron chi connectivity index (χ3n) is 5.24. The molecule has 1 fully saturated rings. The van der Waals surface area contributed by atoms with E-state index in [2.05, 4.69) is 5.32 Å². The third-order valence-corrected chi connectivity index (χ3v) is 5.53. The van der Waals surface area contributed by atoms with Gasteiger partial charge in [0.1, 0.15) is 5.82 Å². The average molecular weight is 401 g/mol. The second-order valence-electron chi connectivity index (χ2n) is 6.91. The molecule has 0 aliphatic carbocycles. The smallest absolute Gasteiger partial charge is 0.253 e. The van der Waals surface area contributed by atoms with Crippen molar-refractivity contribution < 1.29 is 9.18 Å². The summed E-state index contributed by atoms with van der Waals surface area (Å²) in [6.45, 7) is 7.18. The molecule has 2 aromatic carbocycles. The number of hydrogen-bond acceptors (Lipinski definition) is 2. The number of rotatable bonds is 5. The molecule has 2 aromatic rings. The van der Waals surface area contributed by atoms with E-state index in [0.717, 1.165) is 42.6 Å². The van der Waals surface area contributed by atoms with E-state index < -0.39 is 5.82 Å². The molecular weight excluding hydrogens is 375 g/mol. The molecule has 0 unspecified atom stereocenters. The number of hydrogen-bond donors (Lipinski definition) is 1. The fourth-order valence-electron chi connectivity index (χ4n) is 3.68. The quantitative estimate of drug-likeness (QED) is 0.753. The Balaban J connectivity index is 2.01. The standard InChI is InChI=1S/C23H26ClFN2O/c1-3-27(4-2)23(28)18-7-5-16(6-8-18)22(17-11-13-26-14-12-17)19-9-10-21(25)20(24)15-19/h5-10,15,26H,3-4,11-14H2,1-2H3. The van der Waals surface area contributed by atoms with Crippen LogP contribution in [-0.4, -0.2) is 37.0 Å². The molecule has 0 bridgehead atoms. The lowest BCUT2D eigenvalue weighted by molar-refractivity contribution is 0.0773. The summed E-state index contributed by atoms with van der Waals surface area (Å²) in [6, 6.07) is 12.6. The molecule has 0 saturated carbocycles. The number of carbonyl (C=O) groups is 1. The van der Waals surface area contributed by atoms with E-state index >= 15 is 0 Å². The van der Waals surface area contributed by atoms with Crippen molar-refractivity contribution in [2.75, 3.05) is 26.2 Å². The molecular formula is C23H26ClFN2O. The zero-order valence-electron chi connectivity index (χ0n) is 16.4. The van der Waals surface area contributed by atoms with Gasteiger partial charge in [0.2, 0.25) is 0 Å². The first kappa shape index (κ1) is 20.6. The summed E-state index contributed by atoms with van der Waals surface area (Å²) in [5.41, 5.74) is 5.02. The summed E-state index contributed by atoms with van der Waals surface area (Å²) in [6.07, 6.45) is 1.87. The van der Waals surface area contributed by atoms with Gasteiger partial charge in [-0.3, -0.25) is 4.79 Å². The summed E-state index contributed by atoms with van der Waals surface area (Å²) in [5, 5.41) is 3.50. The molecule has 148 valence electrons. The minimum absolute atomic E-state index is 0.0393. The fraction of sp³-hybridized carbons (Fsp3) is 0.348. The first-order chi connectivity index (χ1) is 13.5. The Bertz CT molecular complexity index is 865. The number of piperidine rings is 1. The van der Waals surface area contributed by atoms with Gasteiger partial charge in [0.15, 0.2) is 0 Å². The SMILES string of the molecule is CCN(CC)C(=O)c1ccc(C(=C2CCNCC2)c2ccc(F)c(Cl)c2)cc1. The van der Waals surface area contributed by atoms with E-state index in [1.54, 1.807) is 17.0 Å². The first-order valence-corrected chi connectivity index (χ1v) is 10.2. The molecule has 28 heavy (non-hydrogen) atoms. The summed E-state index contributed by atoms with van der Waals surface area (Å²) >= 11 is 6.06. The summed E-state index contributed by atoms with van der Waals surface area (Å²) in [7, 11) is 0. The van der Waals surface area contributed by atoms with Crippen LogP contribution >= 0.6 is 11.6 Å². The largest absolute Gasteiger partial charge is 0.339 e. The van der Waals surface area contributed by atoms with Gasteiger partial charge >= 0.3 is 0 Å². The van der Waals surface area contributed by atoms with Crippen LogP contribution in [0.3, 0.4) is 0 Å². The van der Waals surface area contributed by atoms with Crippen LogP contribution in [0, 0.1) is 5.82 Å². The third kappa shape index (κ3) is 4.45. The van der Waals surface area contributed by atoms with Gasteiger partial charge in [-0.1, -0.05) is 35.4 Å².